The standard InChI is InChI=1S/C14H19N5O3S/c1-15-23(20,21)11-5-3-4-10(8-11)14-17-13(18-22-14)12-9-16-6-7-19(12)2/h3-5,8,12,15-16H,6-7,9H2,1-2H3. The summed E-state index contributed by atoms with van der Waals surface area (Å²) in [5.74, 6) is 0.906. The molecule has 0 amide bonds. The molecule has 1 fully saturated rings. The molecule has 0 saturated carbocycles. The number of likely N-dealkylation sites (N-methyl/N-ethyl adjacent to an activating group) is 1. The van der Waals surface area contributed by atoms with Crippen molar-refractivity contribution < 1.29 is 12.9 Å². The van der Waals surface area contributed by atoms with Gasteiger partial charge in [0.05, 0.1) is 10.9 Å². The molecule has 2 heterocycles. The number of hydrogen-bond donors (Lipinski definition) is 2. The molecule has 0 radical (unpaired) electrons. The molecule has 0 spiro atoms. The Bertz CT molecular complexity index is 789. The van der Waals surface area contributed by atoms with Gasteiger partial charge in [0, 0.05) is 25.2 Å². The molecule has 8 nitrogen and oxygen atoms in total. The van der Waals surface area contributed by atoms with Crippen LogP contribution in [0.2, 0.25) is 0 Å². The average Bonchev–Trinajstić information content (AvgIpc) is 3.05. The van der Waals surface area contributed by atoms with Crippen LogP contribution in [0.1, 0.15) is 11.9 Å². The van der Waals surface area contributed by atoms with Crippen molar-refractivity contribution in [3.8, 4) is 11.5 Å². The second kappa shape index (κ2) is 6.36. The van der Waals surface area contributed by atoms with Gasteiger partial charge in [-0.1, -0.05) is 11.2 Å². The number of nitrogens with one attached hydrogen (secondary N) is 2. The minimum atomic E-state index is -3.51. The lowest BCUT2D eigenvalue weighted by atomic mass is 10.2. The van der Waals surface area contributed by atoms with E-state index >= 15 is 0 Å². The summed E-state index contributed by atoms with van der Waals surface area (Å²) in [5, 5.41) is 7.34. The Labute approximate surface area is 134 Å². The summed E-state index contributed by atoms with van der Waals surface area (Å²) in [6.07, 6.45) is 0. The van der Waals surface area contributed by atoms with E-state index in [1.807, 2.05) is 7.05 Å². The van der Waals surface area contributed by atoms with Gasteiger partial charge in [0.2, 0.25) is 10.0 Å². The molecule has 23 heavy (non-hydrogen) atoms. The molecule has 1 aromatic heterocycles. The summed E-state index contributed by atoms with van der Waals surface area (Å²) in [5.41, 5.74) is 0.575. The smallest absolute Gasteiger partial charge is 0.258 e. The summed E-state index contributed by atoms with van der Waals surface area (Å²) < 4.78 is 31.4. The van der Waals surface area contributed by atoms with E-state index in [9.17, 15) is 8.42 Å². The van der Waals surface area contributed by atoms with Crippen molar-refractivity contribution in [3.05, 3.63) is 30.1 Å². The maximum absolute atomic E-state index is 11.9. The molecular weight excluding hydrogens is 318 g/mol. The molecular formula is C14H19N5O3S. The van der Waals surface area contributed by atoms with Crippen LogP contribution in [0, 0.1) is 0 Å². The zero-order chi connectivity index (χ0) is 16.4. The maximum atomic E-state index is 11.9. The Hall–Kier alpha value is -1.81. The molecule has 1 aliphatic rings. The van der Waals surface area contributed by atoms with Gasteiger partial charge in [-0.25, -0.2) is 13.1 Å². The van der Waals surface area contributed by atoms with Crippen LogP contribution in [-0.4, -0.2) is 57.2 Å². The van der Waals surface area contributed by atoms with Crippen LogP contribution in [0.5, 0.6) is 0 Å². The van der Waals surface area contributed by atoms with Crippen molar-refractivity contribution in [2.45, 2.75) is 10.9 Å². The second-order valence-electron chi connectivity index (χ2n) is 5.39. The predicted molar refractivity (Wildman–Crippen MR) is 84.2 cm³/mol. The first-order chi connectivity index (χ1) is 11.0. The molecule has 0 aliphatic carbocycles. The van der Waals surface area contributed by atoms with Gasteiger partial charge in [0.1, 0.15) is 0 Å². The summed E-state index contributed by atoms with van der Waals surface area (Å²) in [4.78, 5) is 6.75. The number of piperazine rings is 1. The van der Waals surface area contributed by atoms with Gasteiger partial charge in [0.15, 0.2) is 5.82 Å². The summed E-state index contributed by atoms with van der Waals surface area (Å²) in [7, 11) is -0.120. The second-order valence-corrected chi connectivity index (χ2v) is 7.28. The zero-order valence-corrected chi connectivity index (χ0v) is 13.8. The first-order valence-electron chi connectivity index (χ1n) is 7.30. The van der Waals surface area contributed by atoms with Gasteiger partial charge in [-0.2, -0.15) is 4.98 Å². The number of benzene rings is 1. The number of sulfonamides is 1. The number of nitrogens with zero attached hydrogens (tertiary/aromatic N) is 3. The first-order valence-corrected chi connectivity index (χ1v) is 8.78. The summed E-state index contributed by atoms with van der Waals surface area (Å²) >= 11 is 0. The van der Waals surface area contributed by atoms with Crippen LogP contribution < -0.4 is 10.0 Å². The summed E-state index contributed by atoms with van der Waals surface area (Å²) in [6, 6.07) is 6.48. The molecule has 1 saturated heterocycles. The third kappa shape index (κ3) is 3.27. The van der Waals surface area contributed by atoms with Gasteiger partial charge < -0.3 is 9.84 Å². The van der Waals surface area contributed by atoms with Crippen LogP contribution in [0.3, 0.4) is 0 Å². The lowest BCUT2D eigenvalue weighted by Gasteiger charge is -2.30. The number of hydrogen-bond acceptors (Lipinski definition) is 7. The fourth-order valence-electron chi connectivity index (χ4n) is 2.50. The van der Waals surface area contributed by atoms with Gasteiger partial charge in [0.25, 0.3) is 5.89 Å². The molecule has 3 rings (SSSR count). The fourth-order valence-corrected chi connectivity index (χ4v) is 3.27. The van der Waals surface area contributed by atoms with E-state index in [-0.39, 0.29) is 10.9 Å². The molecule has 1 aliphatic heterocycles. The van der Waals surface area contributed by atoms with Gasteiger partial charge >= 0.3 is 0 Å². The molecule has 124 valence electrons. The average molecular weight is 337 g/mol. The third-order valence-electron chi connectivity index (χ3n) is 3.91. The van der Waals surface area contributed by atoms with Crippen LogP contribution in [0.25, 0.3) is 11.5 Å². The zero-order valence-electron chi connectivity index (χ0n) is 13.0. The van der Waals surface area contributed by atoms with E-state index in [1.54, 1.807) is 12.1 Å². The Morgan fingerprint density at radius 3 is 3.00 bits per heavy atom. The van der Waals surface area contributed by atoms with Crippen molar-refractivity contribution in [2.24, 2.45) is 0 Å². The van der Waals surface area contributed by atoms with Crippen LogP contribution in [-0.2, 0) is 10.0 Å². The Morgan fingerprint density at radius 1 is 1.43 bits per heavy atom. The summed E-state index contributed by atoms with van der Waals surface area (Å²) in [6.45, 7) is 2.59. The highest BCUT2D eigenvalue weighted by Gasteiger charge is 2.25. The maximum Gasteiger partial charge on any atom is 0.258 e. The van der Waals surface area contributed by atoms with E-state index in [2.05, 4.69) is 25.1 Å². The molecule has 0 bridgehead atoms. The largest absolute Gasteiger partial charge is 0.334 e. The molecule has 2 N–H and O–H groups in total. The minimum Gasteiger partial charge on any atom is -0.334 e. The van der Waals surface area contributed by atoms with Crippen LogP contribution in [0.15, 0.2) is 33.7 Å². The van der Waals surface area contributed by atoms with Crippen LogP contribution >= 0.6 is 0 Å². The van der Waals surface area contributed by atoms with Crippen molar-refractivity contribution in [1.82, 2.24) is 25.1 Å². The Kier molecular flexibility index (Phi) is 4.44. The SMILES string of the molecule is CNS(=O)(=O)c1cccc(-c2nc(C3CNCCN3C)no2)c1. The monoisotopic (exact) mass is 337 g/mol. The van der Waals surface area contributed by atoms with Crippen molar-refractivity contribution in [2.75, 3.05) is 33.7 Å². The topological polar surface area (TPSA) is 100 Å². The van der Waals surface area contributed by atoms with Crippen LogP contribution in [0.4, 0.5) is 0 Å². The van der Waals surface area contributed by atoms with E-state index in [4.69, 9.17) is 4.52 Å². The first kappa shape index (κ1) is 16.1. The Balaban J connectivity index is 1.90. The lowest BCUT2D eigenvalue weighted by molar-refractivity contribution is 0.190. The van der Waals surface area contributed by atoms with E-state index < -0.39 is 10.0 Å². The van der Waals surface area contributed by atoms with Gasteiger partial charge in [-0.3, -0.25) is 4.90 Å². The van der Waals surface area contributed by atoms with Crippen molar-refractivity contribution in [3.63, 3.8) is 0 Å². The number of rotatable bonds is 4. The van der Waals surface area contributed by atoms with Gasteiger partial charge in [-0.05, 0) is 32.3 Å². The molecule has 2 aromatic rings. The predicted octanol–water partition coefficient (Wildman–Crippen LogP) is 0.221. The van der Waals surface area contributed by atoms with E-state index in [1.165, 1.54) is 19.2 Å². The highest BCUT2D eigenvalue weighted by atomic mass is 32.2. The molecule has 1 unspecified atom stereocenters. The Morgan fingerprint density at radius 2 is 2.26 bits per heavy atom. The van der Waals surface area contributed by atoms with Crippen molar-refractivity contribution in [1.29, 1.82) is 0 Å². The minimum absolute atomic E-state index is 0.0467. The molecule has 9 heteroatoms. The van der Waals surface area contributed by atoms with E-state index in [0.717, 1.165) is 19.6 Å². The molecule has 1 atom stereocenters. The normalized spacial score (nSPS) is 19.8. The third-order valence-corrected chi connectivity index (χ3v) is 5.32. The number of aromatic nitrogens is 2. The van der Waals surface area contributed by atoms with E-state index in [0.29, 0.717) is 17.3 Å². The quantitative estimate of drug-likeness (QED) is 0.823. The van der Waals surface area contributed by atoms with Crippen molar-refractivity contribution >= 4 is 10.0 Å². The van der Waals surface area contributed by atoms with Gasteiger partial charge in [-0.15, -0.1) is 0 Å². The molecule has 1 aromatic carbocycles. The fraction of sp³-hybridized carbons (Fsp3) is 0.429. The highest BCUT2D eigenvalue weighted by Crippen LogP contribution is 2.24. The lowest BCUT2D eigenvalue weighted by Crippen LogP contribution is -2.44. The highest BCUT2D eigenvalue weighted by molar-refractivity contribution is 7.89.